The third kappa shape index (κ3) is 6.30. The zero-order valence-corrected chi connectivity index (χ0v) is 18.5. The number of benzene rings is 3. The molecule has 7 heteroatoms. The first-order valence-electron chi connectivity index (χ1n) is 9.72. The minimum absolute atomic E-state index is 0.137. The molecule has 0 aliphatic heterocycles. The third-order valence-electron chi connectivity index (χ3n) is 4.63. The number of nitrogens with one attached hydrogen (secondary N) is 2. The highest BCUT2D eigenvalue weighted by molar-refractivity contribution is 6.31. The molecule has 162 valence electrons. The van der Waals surface area contributed by atoms with Gasteiger partial charge in [0.1, 0.15) is 5.75 Å². The van der Waals surface area contributed by atoms with E-state index in [1.165, 1.54) is 0 Å². The SMILES string of the molecule is COc1ccc(NC(=O)COc2ccc(CNc3ccc(C)c(Cl)c3)cc2OC)cc1. The number of halogens is 1. The lowest BCUT2D eigenvalue weighted by atomic mass is 10.2. The topological polar surface area (TPSA) is 68.8 Å². The monoisotopic (exact) mass is 440 g/mol. The summed E-state index contributed by atoms with van der Waals surface area (Å²) in [5, 5.41) is 6.83. The van der Waals surface area contributed by atoms with Crippen molar-refractivity contribution in [1.82, 2.24) is 0 Å². The maximum absolute atomic E-state index is 12.2. The van der Waals surface area contributed by atoms with Crippen LogP contribution >= 0.6 is 11.6 Å². The Morgan fingerprint density at radius 3 is 2.32 bits per heavy atom. The van der Waals surface area contributed by atoms with E-state index in [0.29, 0.717) is 23.7 Å². The molecule has 0 aliphatic rings. The van der Waals surface area contributed by atoms with Gasteiger partial charge >= 0.3 is 0 Å². The van der Waals surface area contributed by atoms with Gasteiger partial charge in [-0.2, -0.15) is 0 Å². The van der Waals surface area contributed by atoms with Crippen LogP contribution < -0.4 is 24.8 Å². The van der Waals surface area contributed by atoms with E-state index in [1.54, 1.807) is 44.6 Å². The van der Waals surface area contributed by atoms with Gasteiger partial charge in [-0.15, -0.1) is 0 Å². The molecule has 0 aromatic heterocycles. The second-order valence-corrected chi connectivity index (χ2v) is 7.28. The molecule has 31 heavy (non-hydrogen) atoms. The van der Waals surface area contributed by atoms with Gasteiger partial charge in [0.2, 0.25) is 0 Å². The van der Waals surface area contributed by atoms with Crippen LogP contribution in [0.2, 0.25) is 5.02 Å². The number of hydrogen-bond acceptors (Lipinski definition) is 5. The molecule has 0 saturated carbocycles. The summed E-state index contributed by atoms with van der Waals surface area (Å²) < 4.78 is 16.2. The zero-order chi connectivity index (χ0) is 22.2. The van der Waals surface area contributed by atoms with Gasteiger partial charge < -0.3 is 24.8 Å². The van der Waals surface area contributed by atoms with Crippen molar-refractivity contribution in [3.8, 4) is 17.2 Å². The summed E-state index contributed by atoms with van der Waals surface area (Å²) in [6.45, 7) is 2.42. The molecule has 0 saturated heterocycles. The Bertz CT molecular complexity index is 1040. The van der Waals surface area contributed by atoms with Crippen molar-refractivity contribution in [2.45, 2.75) is 13.5 Å². The van der Waals surface area contributed by atoms with Gasteiger partial charge in [-0.3, -0.25) is 4.79 Å². The summed E-state index contributed by atoms with van der Waals surface area (Å²) in [6, 6.07) is 18.5. The Morgan fingerprint density at radius 2 is 1.65 bits per heavy atom. The van der Waals surface area contributed by atoms with Crippen LogP contribution in [0.3, 0.4) is 0 Å². The van der Waals surface area contributed by atoms with Gasteiger partial charge in [-0.05, 0) is 66.6 Å². The molecule has 0 radical (unpaired) electrons. The Balaban J connectivity index is 1.56. The second-order valence-electron chi connectivity index (χ2n) is 6.87. The molecule has 3 aromatic carbocycles. The predicted molar refractivity (Wildman–Crippen MR) is 124 cm³/mol. The molecule has 0 atom stereocenters. The Morgan fingerprint density at radius 1 is 0.903 bits per heavy atom. The highest BCUT2D eigenvalue weighted by Crippen LogP contribution is 2.29. The minimum atomic E-state index is -0.269. The van der Waals surface area contributed by atoms with Gasteiger partial charge in [0, 0.05) is 22.9 Å². The smallest absolute Gasteiger partial charge is 0.262 e. The first-order chi connectivity index (χ1) is 15.0. The van der Waals surface area contributed by atoms with Crippen molar-refractivity contribution in [2.75, 3.05) is 31.5 Å². The largest absolute Gasteiger partial charge is 0.497 e. The lowest BCUT2D eigenvalue weighted by Crippen LogP contribution is -2.20. The standard InChI is InChI=1S/C24H25ClN2O4/c1-16-4-6-19(13-21(16)25)26-14-17-5-11-22(23(12-17)30-3)31-15-24(28)27-18-7-9-20(29-2)10-8-18/h4-13,26H,14-15H2,1-3H3,(H,27,28). The number of carbonyl (C=O) groups excluding carboxylic acids is 1. The molecule has 6 nitrogen and oxygen atoms in total. The molecule has 0 unspecified atom stereocenters. The number of aryl methyl sites for hydroxylation is 1. The summed E-state index contributed by atoms with van der Waals surface area (Å²) in [5.41, 5.74) is 3.64. The van der Waals surface area contributed by atoms with E-state index in [2.05, 4.69) is 10.6 Å². The van der Waals surface area contributed by atoms with Crippen LogP contribution in [0, 0.1) is 6.92 Å². The molecular weight excluding hydrogens is 416 g/mol. The molecule has 0 fully saturated rings. The Labute approximate surface area is 187 Å². The number of methoxy groups -OCH3 is 2. The number of ether oxygens (including phenoxy) is 3. The van der Waals surface area contributed by atoms with Crippen LogP contribution in [0.5, 0.6) is 17.2 Å². The normalized spacial score (nSPS) is 10.3. The van der Waals surface area contributed by atoms with Crippen molar-refractivity contribution in [3.63, 3.8) is 0 Å². The average Bonchev–Trinajstić information content (AvgIpc) is 2.79. The molecule has 2 N–H and O–H groups in total. The molecular formula is C24H25ClN2O4. The number of anilines is 2. The van der Waals surface area contributed by atoms with Gasteiger partial charge in [-0.1, -0.05) is 23.7 Å². The van der Waals surface area contributed by atoms with Crippen molar-refractivity contribution in [1.29, 1.82) is 0 Å². The maximum Gasteiger partial charge on any atom is 0.262 e. The fourth-order valence-electron chi connectivity index (χ4n) is 2.86. The van der Waals surface area contributed by atoms with E-state index < -0.39 is 0 Å². The van der Waals surface area contributed by atoms with Gasteiger partial charge in [0.05, 0.1) is 14.2 Å². The zero-order valence-electron chi connectivity index (χ0n) is 17.7. The predicted octanol–water partition coefficient (Wildman–Crippen LogP) is 5.30. The summed E-state index contributed by atoms with van der Waals surface area (Å²) in [4.78, 5) is 12.2. The molecule has 0 aliphatic carbocycles. The van der Waals surface area contributed by atoms with Crippen LogP contribution in [-0.4, -0.2) is 26.7 Å². The second kappa shape index (κ2) is 10.6. The van der Waals surface area contributed by atoms with Crippen molar-refractivity contribution in [3.05, 3.63) is 76.8 Å². The molecule has 0 spiro atoms. The van der Waals surface area contributed by atoms with Gasteiger partial charge in [-0.25, -0.2) is 0 Å². The van der Waals surface area contributed by atoms with Crippen molar-refractivity contribution >= 4 is 28.9 Å². The quantitative estimate of drug-likeness (QED) is 0.472. The molecule has 0 heterocycles. The third-order valence-corrected chi connectivity index (χ3v) is 5.04. The number of carbonyl (C=O) groups is 1. The minimum Gasteiger partial charge on any atom is -0.497 e. The molecule has 1 amide bonds. The van der Waals surface area contributed by atoms with E-state index >= 15 is 0 Å². The number of hydrogen-bond donors (Lipinski definition) is 2. The Kier molecular flexibility index (Phi) is 7.62. The average molecular weight is 441 g/mol. The fourth-order valence-corrected chi connectivity index (χ4v) is 3.04. The van der Waals surface area contributed by atoms with Gasteiger partial charge in [0.25, 0.3) is 5.91 Å². The maximum atomic E-state index is 12.2. The first kappa shape index (κ1) is 22.3. The highest BCUT2D eigenvalue weighted by atomic mass is 35.5. The summed E-state index contributed by atoms with van der Waals surface area (Å²) in [7, 11) is 3.16. The summed E-state index contributed by atoms with van der Waals surface area (Å²) >= 11 is 6.17. The van der Waals surface area contributed by atoms with E-state index in [4.69, 9.17) is 25.8 Å². The fraction of sp³-hybridized carbons (Fsp3) is 0.208. The van der Waals surface area contributed by atoms with E-state index in [1.807, 2.05) is 37.3 Å². The van der Waals surface area contributed by atoms with Crippen LogP contribution in [0.15, 0.2) is 60.7 Å². The highest BCUT2D eigenvalue weighted by Gasteiger charge is 2.10. The van der Waals surface area contributed by atoms with Crippen LogP contribution in [0.1, 0.15) is 11.1 Å². The van der Waals surface area contributed by atoms with Crippen molar-refractivity contribution < 1.29 is 19.0 Å². The summed E-state index contributed by atoms with van der Waals surface area (Å²) in [5.74, 6) is 1.50. The first-order valence-corrected chi connectivity index (χ1v) is 10.1. The summed E-state index contributed by atoms with van der Waals surface area (Å²) in [6.07, 6.45) is 0. The lowest BCUT2D eigenvalue weighted by Gasteiger charge is -2.13. The molecule has 0 bridgehead atoms. The van der Waals surface area contributed by atoms with Crippen molar-refractivity contribution in [2.24, 2.45) is 0 Å². The van der Waals surface area contributed by atoms with E-state index in [-0.39, 0.29) is 12.5 Å². The lowest BCUT2D eigenvalue weighted by molar-refractivity contribution is -0.118. The van der Waals surface area contributed by atoms with Crippen LogP contribution in [-0.2, 0) is 11.3 Å². The number of rotatable bonds is 9. The molecule has 3 rings (SSSR count). The van der Waals surface area contributed by atoms with Crippen LogP contribution in [0.4, 0.5) is 11.4 Å². The van der Waals surface area contributed by atoms with Crippen LogP contribution in [0.25, 0.3) is 0 Å². The number of amides is 1. The van der Waals surface area contributed by atoms with E-state index in [0.717, 1.165) is 27.6 Å². The van der Waals surface area contributed by atoms with E-state index in [9.17, 15) is 4.79 Å². The molecule has 3 aromatic rings. The Hall–Kier alpha value is -3.38. The van der Waals surface area contributed by atoms with Gasteiger partial charge in [0.15, 0.2) is 18.1 Å².